The molecular formula is C15H22N2O2. The Hall–Kier alpha value is -1.39. The summed E-state index contributed by atoms with van der Waals surface area (Å²) < 4.78 is 0. The van der Waals surface area contributed by atoms with Crippen LogP contribution in [0.25, 0.3) is 0 Å². The van der Waals surface area contributed by atoms with E-state index in [1.165, 1.54) is 5.56 Å². The van der Waals surface area contributed by atoms with Crippen molar-refractivity contribution in [2.45, 2.75) is 39.3 Å². The van der Waals surface area contributed by atoms with E-state index in [9.17, 15) is 9.90 Å². The lowest BCUT2D eigenvalue weighted by atomic mass is 10.0. The number of rotatable bonds is 4. The Balaban J connectivity index is 2.31. The van der Waals surface area contributed by atoms with Crippen LogP contribution in [0.15, 0.2) is 18.2 Å². The van der Waals surface area contributed by atoms with E-state index in [2.05, 4.69) is 18.3 Å². The number of anilines is 1. The Morgan fingerprint density at radius 2 is 2.32 bits per heavy atom. The molecule has 104 valence electrons. The van der Waals surface area contributed by atoms with Gasteiger partial charge in [-0.3, -0.25) is 4.79 Å². The van der Waals surface area contributed by atoms with E-state index in [0.717, 1.165) is 24.2 Å². The van der Waals surface area contributed by atoms with Crippen molar-refractivity contribution in [2.24, 2.45) is 0 Å². The third-order valence-corrected chi connectivity index (χ3v) is 3.69. The molecule has 0 spiro atoms. The van der Waals surface area contributed by atoms with Gasteiger partial charge >= 0.3 is 0 Å². The number of aliphatic hydroxyl groups is 1. The van der Waals surface area contributed by atoms with Crippen molar-refractivity contribution in [3.63, 3.8) is 0 Å². The molecule has 1 heterocycles. The number of nitrogens with one attached hydrogen (secondary N) is 1. The Morgan fingerprint density at radius 1 is 1.58 bits per heavy atom. The first-order valence-electron chi connectivity index (χ1n) is 6.85. The number of hydrogen-bond donors (Lipinski definition) is 2. The van der Waals surface area contributed by atoms with Crippen LogP contribution in [-0.4, -0.2) is 30.2 Å². The van der Waals surface area contributed by atoms with E-state index in [1.54, 1.807) is 6.92 Å². The number of aliphatic hydroxyl groups excluding tert-OH is 1. The highest BCUT2D eigenvalue weighted by molar-refractivity contribution is 5.94. The molecule has 0 saturated carbocycles. The number of carbonyl (C=O) groups is 1. The molecule has 19 heavy (non-hydrogen) atoms. The first-order chi connectivity index (χ1) is 9.08. The average Bonchev–Trinajstić information content (AvgIpc) is 2.70. The number of benzene rings is 1. The number of likely N-dealkylation sites (N-methyl/N-ethyl adjacent to an activating group) is 1. The van der Waals surface area contributed by atoms with Crippen LogP contribution >= 0.6 is 0 Å². The molecule has 0 radical (unpaired) electrons. The summed E-state index contributed by atoms with van der Waals surface area (Å²) in [6.07, 6.45) is 0.882. The summed E-state index contributed by atoms with van der Waals surface area (Å²) in [5.41, 5.74) is 3.29. The minimum atomic E-state index is -0.0306. The summed E-state index contributed by atoms with van der Waals surface area (Å²) in [5.74, 6) is 0.0874. The normalized spacial score (nSPS) is 19.4. The molecule has 1 aromatic carbocycles. The Morgan fingerprint density at radius 3 is 2.89 bits per heavy atom. The van der Waals surface area contributed by atoms with Gasteiger partial charge in [-0.2, -0.15) is 0 Å². The van der Waals surface area contributed by atoms with Gasteiger partial charge in [0.25, 0.3) is 0 Å². The van der Waals surface area contributed by atoms with Crippen molar-refractivity contribution in [2.75, 3.05) is 18.1 Å². The Kier molecular flexibility index (Phi) is 4.22. The van der Waals surface area contributed by atoms with Gasteiger partial charge in [0, 0.05) is 18.7 Å². The lowest BCUT2D eigenvalue weighted by Crippen LogP contribution is -2.33. The number of hydrogen-bond acceptors (Lipinski definition) is 3. The molecule has 2 atom stereocenters. The third kappa shape index (κ3) is 2.65. The lowest BCUT2D eigenvalue weighted by molar-refractivity contribution is -0.116. The maximum atomic E-state index is 11.7. The summed E-state index contributed by atoms with van der Waals surface area (Å²) in [6, 6.07) is 6.29. The predicted molar refractivity (Wildman–Crippen MR) is 76.3 cm³/mol. The fraction of sp³-hybridized carbons (Fsp3) is 0.533. The second-order valence-electron chi connectivity index (χ2n) is 5.12. The monoisotopic (exact) mass is 262 g/mol. The van der Waals surface area contributed by atoms with Crippen LogP contribution in [-0.2, 0) is 11.2 Å². The molecule has 0 aliphatic carbocycles. The van der Waals surface area contributed by atoms with Gasteiger partial charge in [-0.25, -0.2) is 0 Å². The molecule has 2 unspecified atom stereocenters. The molecule has 0 fully saturated rings. The standard InChI is InChI=1S/C15H22N2O2/c1-4-16-14(9-18)12-5-6-15-13(8-12)7-10(2)17(15)11(3)19/h5-6,8,10,14,16,18H,4,7,9H2,1-3H3. The topological polar surface area (TPSA) is 52.6 Å². The first-order valence-corrected chi connectivity index (χ1v) is 6.85. The number of nitrogens with zero attached hydrogens (tertiary/aromatic N) is 1. The molecule has 1 amide bonds. The quantitative estimate of drug-likeness (QED) is 0.867. The van der Waals surface area contributed by atoms with Crippen LogP contribution in [0.4, 0.5) is 5.69 Å². The molecule has 0 saturated heterocycles. The van der Waals surface area contributed by atoms with Gasteiger partial charge in [-0.1, -0.05) is 19.1 Å². The predicted octanol–water partition coefficient (Wildman–Crippen LogP) is 1.63. The molecule has 0 bridgehead atoms. The van der Waals surface area contributed by atoms with Crippen LogP contribution in [0.1, 0.15) is 37.9 Å². The van der Waals surface area contributed by atoms with E-state index in [0.29, 0.717) is 0 Å². The summed E-state index contributed by atoms with van der Waals surface area (Å²) in [5, 5.41) is 12.7. The van der Waals surface area contributed by atoms with Crippen LogP contribution in [0.2, 0.25) is 0 Å². The first kappa shape index (κ1) is 14.0. The smallest absolute Gasteiger partial charge is 0.224 e. The van der Waals surface area contributed by atoms with Gasteiger partial charge < -0.3 is 15.3 Å². The molecular weight excluding hydrogens is 240 g/mol. The summed E-state index contributed by atoms with van der Waals surface area (Å²) in [4.78, 5) is 13.5. The molecule has 2 rings (SSSR count). The molecule has 2 N–H and O–H groups in total. The van der Waals surface area contributed by atoms with Gasteiger partial charge in [-0.15, -0.1) is 0 Å². The van der Waals surface area contributed by atoms with Crippen molar-refractivity contribution < 1.29 is 9.90 Å². The van der Waals surface area contributed by atoms with E-state index in [4.69, 9.17) is 0 Å². The molecule has 1 aliphatic rings. The fourth-order valence-electron chi connectivity index (χ4n) is 2.88. The molecule has 1 aromatic rings. The highest BCUT2D eigenvalue weighted by Gasteiger charge is 2.29. The molecule has 0 aromatic heterocycles. The van der Waals surface area contributed by atoms with Gasteiger partial charge in [-0.05, 0) is 37.1 Å². The maximum Gasteiger partial charge on any atom is 0.224 e. The van der Waals surface area contributed by atoms with Crippen molar-refractivity contribution in [3.8, 4) is 0 Å². The van der Waals surface area contributed by atoms with Crippen LogP contribution in [0.3, 0.4) is 0 Å². The average molecular weight is 262 g/mol. The fourth-order valence-corrected chi connectivity index (χ4v) is 2.88. The highest BCUT2D eigenvalue weighted by Crippen LogP contribution is 2.34. The molecule has 4 nitrogen and oxygen atoms in total. The largest absolute Gasteiger partial charge is 0.394 e. The van der Waals surface area contributed by atoms with Gasteiger partial charge in [0.15, 0.2) is 0 Å². The van der Waals surface area contributed by atoms with E-state index < -0.39 is 0 Å². The Bertz CT molecular complexity index is 473. The Labute approximate surface area is 114 Å². The van der Waals surface area contributed by atoms with E-state index in [1.807, 2.05) is 24.0 Å². The lowest BCUT2D eigenvalue weighted by Gasteiger charge is -2.21. The second kappa shape index (κ2) is 5.72. The van der Waals surface area contributed by atoms with E-state index in [-0.39, 0.29) is 24.6 Å². The zero-order chi connectivity index (χ0) is 14.0. The third-order valence-electron chi connectivity index (χ3n) is 3.69. The van der Waals surface area contributed by atoms with Gasteiger partial charge in [0.2, 0.25) is 5.91 Å². The van der Waals surface area contributed by atoms with Crippen LogP contribution in [0.5, 0.6) is 0 Å². The minimum absolute atomic E-state index is 0.0306. The van der Waals surface area contributed by atoms with Crippen molar-refractivity contribution in [3.05, 3.63) is 29.3 Å². The summed E-state index contributed by atoms with van der Waals surface area (Å²) >= 11 is 0. The van der Waals surface area contributed by atoms with Crippen LogP contribution in [0, 0.1) is 0 Å². The summed E-state index contributed by atoms with van der Waals surface area (Å²) in [6.45, 7) is 6.59. The molecule has 4 heteroatoms. The highest BCUT2D eigenvalue weighted by atomic mass is 16.3. The van der Waals surface area contributed by atoms with Gasteiger partial charge in [0.05, 0.1) is 12.6 Å². The van der Waals surface area contributed by atoms with Crippen molar-refractivity contribution >= 4 is 11.6 Å². The minimum Gasteiger partial charge on any atom is -0.394 e. The van der Waals surface area contributed by atoms with Crippen molar-refractivity contribution in [1.82, 2.24) is 5.32 Å². The SMILES string of the molecule is CCNC(CO)c1ccc2c(c1)CC(C)N2C(C)=O. The maximum absolute atomic E-state index is 11.7. The second-order valence-corrected chi connectivity index (χ2v) is 5.12. The number of fused-ring (bicyclic) bond motifs is 1. The van der Waals surface area contributed by atoms with E-state index >= 15 is 0 Å². The zero-order valence-corrected chi connectivity index (χ0v) is 11.8. The van der Waals surface area contributed by atoms with Crippen molar-refractivity contribution in [1.29, 1.82) is 0 Å². The zero-order valence-electron chi connectivity index (χ0n) is 11.8. The molecule has 1 aliphatic heterocycles. The number of carbonyl (C=O) groups excluding carboxylic acids is 1. The number of amides is 1. The van der Waals surface area contributed by atoms with Crippen LogP contribution < -0.4 is 10.2 Å². The van der Waals surface area contributed by atoms with Gasteiger partial charge in [0.1, 0.15) is 0 Å². The summed E-state index contributed by atoms with van der Waals surface area (Å²) in [7, 11) is 0.